The van der Waals surface area contributed by atoms with Crippen molar-refractivity contribution in [2.24, 2.45) is 0 Å². The second-order valence-electron chi connectivity index (χ2n) is 3.02. The van der Waals surface area contributed by atoms with Crippen LogP contribution in [0.2, 0.25) is 5.02 Å². The van der Waals surface area contributed by atoms with Gasteiger partial charge in [0.15, 0.2) is 0 Å². The van der Waals surface area contributed by atoms with Crippen molar-refractivity contribution in [2.45, 2.75) is 20.3 Å². The van der Waals surface area contributed by atoms with Gasteiger partial charge in [-0.25, -0.2) is 0 Å². The van der Waals surface area contributed by atoms with Crippen molar-refractivity contribution >= 4 is 17.6 Å². The molecule has 0 saturated carbocycles. The molecule has 1 aromatic rings. The second kappa shape index (κ2) is 6.33. The molecule has 0 spiro atoms. The minimum Gasteiger partial charge on any atom is -0.492 e. The molecule has 0 aliphatic rings. The minimum absolute atomic E-state index is 0.130. The lowest BCUT2D eigenvalue weighted by atomic mass is 10.2. The molecule has 1 heterocycles. The normalized spacial score (nSPS) is 9.94. The van der Waals surface area contributed by atoms with Crippen LogP contribution in [0.4, 0.5) is 0 Å². The maximum atomic E-state index is 11.2. The largest absolute Gasteiger partial charge is 0.492 e. The Morgan fingerprint density at radius 2 is 2.19 bits per heavy atom. The van der Waals surface area contributed by atoms with Crippen LogP contribution in [-0.4, -0.2) is 24.2 Å². The Kier molecular flexibility index (Phi) is 5.05. The van der Waals surface area contributed by atoms with Gasteiger partial charge in [0.05, 0.1) is 25.3 Å². The van der Waals surface area contributed by atoms with Gasteiger partial charge in [-0.2, -0.15) is 0 Å². The third-order valence-electron chi connectivity index (χ3n) is 1.81. The molecule has 1 aromatic heterocycles. The molecular formula is C11H14ClNO3. The monoisotopic (exact) mass is 243 g/mol. The van der Waals surface area contributed by atoms with Gasteiger partial charge in [-0.1, -0.05) is 11.6 Å². The van der Waals surface area contributed by atoms with Gasteiger partial charge in [0.25, 0.3) is 0 Å². The first kappa shape index (κ1) is 12.8. The Hall–Kier alpha value is -1.29. The van der Waals surface area contributed by atoms with Gasteiger partial charge < -0.3 is 9.47 Å². The first-order chi connectivity index (χ1) is 7.67. The van der Waals surface area contributed by atoms with Crippen molar-refractivity contribution in [2.75, 3.05) is 13.2 Å². The van der Waals surface area contributed by atoms with Crippen molar-refractivity contribution in [1.29, 1.82) is 0 Å². The molecule has 0 fully saturated rings. The second-order valence-corrected chi connectivity index (χ2v) is 3.43. The number of hydrogen-bond acceptors (Lipinski definition) is 4. The van der Waals surface area contributed by atoms with Crippen molar-refractivity contribution in [3.8, 4) is 5.75 Å². The lowest BCUT2D eigenvalue weighted by Crippen LogP contribution is -2.09. The van der Waals surface area contributed by atoms with Gasteiger partial charge in [0.2, 0.25) is 0 Å². The average molecular weight is 244 g/mol. The topological polar surface area (TPSA) is 48.4 Å². The standard InChI is InChI=1S/C11H14ClNO3/c1-3-15-10-5-8(13-7-9(10)12)6-11(14)16-4-2/h5,7H,3-4,6H2,1-2H3. The molecule has 16 heavy (non-hydrogen) atoms. The van der Waals surface area contributed by atoms with Crippen LogP contribution in [0.25, 0.3) is 0 Å². The molecule has 0 amide bonds. The van der Waals surface area contributed by atoms with Crippen LogP contribution >= 0.6 is 11.6 Å². The summed E-state index contributed by atoms with van der Waals surface area (Å²) in [6, 6.07) is 1.66. The van der Waals surface area contributed by atoms with Crippen LogP contribution in [0.15, 0.2) is 12.3 Å². The van der Waals surface area contributed by atoms with Crippen LogP contribution in [-0.2, 0) is 16.0 Å². The Morgan fingerprint density at radius 3 is 2.81 bits per heavy atom. The summed E-state index contributed by atoms with van der Waals surface area (Å²) in [7, 11) is 0. The van der Waals surface area contributed by atoms with E-state index in [2.05, 4.69) is 4.98 Å². The number of esters is 1. The van der Waals surface area contributed by atoms with Gasteiger partial charge in [-0.05, 0) is 13.8 Å². The Balaban J connectivity index is 2.74. The molecule has 5 heteroatoms. The summed E-state index contributed by atoms with van der Waals surface area (Å²) in [5.74, 6) is 0.234. The molecule has 0 aromatic carbocycles. The molecule has 0 bridgehead atoms. The van der Waals surface area contributed by atoms with Crippen LogP contribution in [0.1, 0.15) is 19.5 Å². The van der Waals surface area contributed by atoms with E-state index in [9.17, 15) is 4.79 Å². The summed E-state index contributed by atoms with van der Waals surface area (Å²) in [5.41, 5.74) is 0.589. The number of halogens is 1. The molecule has 0 aliphatic heterocycles. The van der Waals surface area contributed by atoms with E-state index in [0.717, 1.165) is 0 Å². The SMILES string of the molecule is CCOC(=O)Cc1cc(OCC)c(Cl)cn1. The molecule has 0 saturated heterocycles. The molecule has 88 valence electrons. The van der Waals surface area contributed by atoms with Crippen molar-refractivity contribution in [3.05, 3.63) is 23.0 Å². The van der Waals surface area contributed by atoms with E-state index in [1.165, 1.54) is 6.20 Å². The van der Waals surface area contributed by atoms with Crippen LogP contribution in [0.5, 0.6) is 5.75 Å². The highest BCUT2D eigenvalue weighted by molar-refractivity contribution is 6.31. The first-order valence-corrected chi connectivity index (χ1v) is 5.48. The Morgan fingerprint density at radius 1 is 1.44 bits per heavy atom. The number of pyridine rings is 1. The predicted molar refractivity (Wildman–Crippen MR) is 60.8 cm³/mol. The molecule has 0 N–H and O–H groups in total. The van der Waals surface area contributed by atoms with Crippen LogP contribution in [0.3, 0.4) is 0 Å². The number of hydrogen-bond donors (Lipinski definition) is 0. The van der Waals surface area contributed by atoms with E-state index in [-0.39, 0.29) is 12.4 Å². The molecule has 1 rings (SSSR count). The minimum atomic E-state index is -0.306. The molecule has 0 unspecified atom stereocenters. The molecule has 0 aliphatic carbocycles. The molecule has 0 radical (unpaired) electrons. The van der Waals surface area contributed by atoms with Gasteiger partial charge in [-0.3, -0.25) is 9.78 Å². The van der Waals surface area contributed by atoms with Crippen LogP contribution in [0, 0.1) is 0 Å². The van der Waals surface area contributed by atoms with E-state index in [0.29, 0.717) is 29.7 Å². The fourth-order valence-electron chi connectivity index (χ4n) is 1.18. The van der Waals surface area contributed by atoms with E-state index >= 15 is 0 Å². The number of nitrogens with zero attached hydrogens (tertiary/aromatic N) is 1. The zero-order chi connectivity index (χ0) is 12.0. The van der Waals surface area contributed by atoms with E-state index in [1.54, 1.807) is 13.0 Å². The third kappa shape index (κ3) is 3.70. The lowest BCUT2D eigenvalue weighted by Gasteiger charge is -2.07. The highest BCUT2D eigenvalue weighted by atomic mass is 35.5. The Labute approximate surface area is 99.5 Å². The average Bonchev–Trinajstić information content (AvgIpc) is 2.24. The zero-order valence-electron chi connectivity index (χ0n) is 9.33. The number of carbonyl (C=O) groups is 1. The summed E-state index contributed by atoms with van der Waals surface area (Å²) in [4.78, 5) is 15.3. The lowest BCUT2D eigenvalue weighted by molar-refractivity contribution is -0.142. The van der Waals surface area contributed by atoms with E-state index < -0.39 is 0 Å². The van der Waals surface area contributed by atoms with Crippen LogP contribution < -0.4 is 4.74 Å². The highest BCUT2D eigenvalue weighted by Crippen LogP contribution is 2.24. The first-order valence-electron chi connectivity index (χ1n) is 5.10. The fourth-order valence-corrected chi connectivity index (χ4v) is 1.34. The fraction of sp³-hybridized carbons (Fsp3) is 0.455. The molecular weight excluding hydrogens is 230 g/mol. The van der Waals surface area contributed by atoms with E-state index in [4.69, 9.17) is 21.1 Å². The maximum absolute atomic E-state index is 11.2. The van der Waals surface area contributed by atoms with Crippen molar-refractivity contribution < 1.29 is 14.3 Å². The van der Waals surface area contributed by atoms with Gasteiger partial charge in [-0.15, -0.1) is 0 Å². The summed E-state index contributed by atoms with van der Waals surface area (Å²) in [5, 5.41) is 0.439. The molecule has 4 nitrogen and oxygen atoms in total. The maximum Gasteiger partial charge on any atom is 0.311 e. The summed E-state index contributed by atoms with van der Waals surface area (Å²) in [6.45, 7) is 4.51. The zero-order valence-corrected chi connectivity index (χ0v) is 10.1. The number of aromatic nitrogens is 1. The quantitative estimate of drug-likeness (QED) is 0.745. The van der Waals surface area contributed by atoms with Gasteiger partial charge in [0, 0.05) is 12.3 Å². The van der Waals surface area contributed by atoms with Gasteiger partial charge in [0.1, 0.15) is 10.8 Å². The molecule has 0 atom stereocenters. The highest BCUT2D eigenvalue weighted by Gasteiger charge is 2.08. The predicted octanol–water partition coefficient (Wildman–Crippen LogP) is 2.24. The summed E-state index contributed by atoms with van der Waals surface area (Å²) < 4.78 is 10.1. The summed E-state index contributed by atoms with van der Waals surface area (Å²) in [6.07, 6.45) is 1.60. The summed E-state index contributed by atoms with van der Waals surface area (Å²) >= 11 is 5.87. The number of carbonyl (C=O) groups excluding carboxylic acids is 1. The van der Waals surface area contributed by atoms with E-state index in [1.807, 2.05) is 6.92 Å². The van der Waals surface area contributed by atoms with Gasteiger partial charge >= 0.3 is 5.97 Å². The number of rotatable bonds is 5. The smallest absolute Gasteiger partial charge is 0.311 e. The number of ether oxygens (including phenoxy) is 2. The third-order valence-corrected chi connectivity index (χ3v) is 2.09. The van der Waals surface area contributed by atoms with Crippen molar-refractivity contribution in [1.82, 2.24) is 4.98 Å². The van der Waals surface area contributed by atoms with Crippen molar-refractivity contribution in [3.63, 3.8) is 0 Å². The Bertz CT molecular complexity index is 368.